The van der Waals surface area contributed by atoms with Crippen molar-refractivity contribution in [2.45, 2.75) is 0 Å². The Morgan fingerprint density at radius 2 is 0.809 bits per heavy atom. The van der Waals surface area contributed by atoms with Crippen molar-refractivity contribution in [2.75, 3.05) is 0 Å². The molecule has 3 heterocycles. The van der Waals surface area contributed by atoms with Crippen molar-refractivity contribution in [1.29, 1.82) is 0 Å². The van der Waals surface area contributed by atoms with Gasteiger partial charge >= 0.3 is 0 Å². The number of rotatable bonds is 8. The Morgan fingerprint density at radius 1 is 0.338 bits per heavy atom. The molecule has 0 unspecified atom stereocenters. The molecule has 0 saturated heterocycles. The zero-order chi connectivity index (χ0) is 49.3. The lowest BCUT2D eigenvalue weighted by Crippen LogP contribution is -2.00. The number of aromatic nitrogens is 3. The van der Waals surface area contributed by atoms with Crippen molar-refractivity contribution in [2.24, 2.45) is 0 Å². The molecule has 0 amide bonds. The van der Waals surface area contributed by atoms with E-state index in [0.717, 1.165) is 103 Å². The van der Waals surface area contributed by atoms with Gasteiger partial charge < -0.3 is 4.42 Å². The van der Waals surface area contributed by atoms with Gasteiger partial charge in [0.25, 0.3) is 0 Å². The van der Waals surface area contributed by atoms with Crippen molar-refractivity contribution in [1.82, 2.24) is 15.0 Å². The number of thiophene rings is 1. The van der Waals surface area contributed by atoms with E-state index in [0.29, 0.717) is 23.0 Å². The molecule has 13 rings (SSSR count). The highest BCUT2D eigenvalue weighted by atomic mass is 32.1. The average Bonchev–Trinajstić information content (AvgIpc) is 4.04. The number of benzene rings is 10. The molecule has 68 heavy (non-hydrogen) atoms. The van der Waals surface area contributed by atoms with Crippen LogP contribution in [-0.4, -0.2) is 15.0 Å². The van der Waals surface area contributed by atoms with Gasteiger partial charge in [-0.3, -0.25) is 0 Å². The van der Waals surface area contributed by atoms with Gasteiger partial charge in [-0.1, -0.05) is 212 Å². The molecule has 0 aliphatic carbocycles. The predicted molar refractivity (Wildman–Crippen MR) is 283 cm³/mol. The Kier molecular flexibility index (Phi) is 8.43. The molecule has 0 radical (unpaired) electrons. The van der Waals surface area contributed by atoms with Gasteiger partial charge in [0, 0.05) is 53.2 Å². The fourth-order valence-electron chi connectivity index (χ4n) is 9.41. The van der Waals surface area contributed by atoms with Gasteiger partial charge in [-0.2, -0.15) is 0 Å². The Morgan fingerprint density at radius 3 is 1.51 bits per heavy atom. The van der Waals surface area contributed by atoms with Crippen LogP contribution in [-0.2, 0) is 0 Å². The molecule has 13 aromatic rings. The summed E-state index contributed by atoms with van der Waals surface area (Å²) in [6.45, 7) is 0. The number of nitrogens with zero attached hydrogens (tertiary/aromatic N) is 3. The van der Waals surface area contributed by atoms with Gasteiger partial charge in [0.15, 0.2) is 17.5 Å². The summed E-state index contributed by atoms with van der Waals surface area (Å²) in [5.74, 6) is 1.57. The minimum Gasteiger partial charge on any atom is -0.455 e. The predicted octanol–water partition coefficient (Wildman–Crippen LogP) is 17.5. The molecule has 0 saturated carbocycles. The summed E-state index contributed by atoms with van der Waals surface area (Å²) >= 11 is 1.65. The maximum atomic E-state index is 8.69. The van der Waals surface area contributed by atoms with Crippen molar-refractivity contribution < 1.29 is 11.3 Å². The Labute approximate surface area is 404 Å². The van der Waals surface area contributed by atoms with Crippen LogP contribution in [0.4, 0.5) is 0 Å². The van der Waals surface area contributed by atoms with E-state index in [4.69, 9.17) is 26.2 Å². The summed E-state index contributed by atoms with van der Waals surface area (Å²) in [7, 11) is 0. The summed E-state index contributed by atoms with van der Waals surface area (Å²) in [6, 6.07) is 68.4. The molecular formula is C63H39N3OS. The fraction of sp³-hybridized carbons (Fsp3) is 0. The monoisotopic (exact) mass is 890 g/mol. The summed E-state index contributed by atoms with van der Waals surface area (Å²) in [4.78, 5) is 15.9. The number of hydrogen-bond donors (Lipinski definition) is 0. The fourth-order valence-corrected chi connectivity index (χ4v) is 10.8. The van der Waals surface area contributed by atoms with Gasteiger partial charge in [0.2, 0.25) is 0 Å². The zero-order valence-corrected chi connectivity index (χ0v) is 37.1. The largest absolute Gasteiger partial charge is 0.455 e. The van der Waals surface area contributed by atoms with E-state index < -0.39 is 6.04 Å². The summed E-state index contributed by atoms with van der Waals surface area (Å²) in [6.07, 6.45) is 0. The number of furan rings is 1. The first-order valence-electron chi connectivity index (χ1n) is 24.9. The maximum absolute atomic E-state index is 8.69. The average molecular weight is 891 g/mol. The minimum atomic E-state index is -0.415. The molecule has 4 nitrogen and oxygen atoms in total. The van der Waals surface area contributed by atoms with E-state index in [-0.39, 0.29) is 29.7 Å². The highest BCUT2D eigenvalue weighted by molar-refractivity contribution is 7.26. The third-order valence-corrected chi connectivity index (χ3v) is 13.9. The van der Waals surface area contributed by atoms with Gasteiger partial charge in [-0.05, 0) is 74.3 Å². The summed E-state index contributed by atoms with van der Waals surface area (Å²) in [5, 5.41) is 3.97. The minimum absolute atomic E-state index is 0.169. The van der Waals surface area contributed by atoms with Crippen LogP contribution >= 0.6 is 11.3 Å². The van der Waals surface area contributed by atoms with Crippen molar-refractivity contribution in [3.05, 3.63) is 236 Å². The zero-order valence-electron chi connectivity index (χ0n) is 41.3. The normalized spacial score (nSPS) is 12.6. The molecule has 0 atom stereocenters. The maximum Gasteiger partial charge on any atom is 0.165 e. The number of hydrogen-bond acceptors (Lipinski definition) is 5. The number of para-hydroxylation sites is 1. The molecule has 3 aromatic heterocycles. The second kappa shape index (κ2) is 16.6. The molecule has 10 aromatic carbocycles. The lowest BCUT2D eigenvalue weighted by Gasteiger charge is -2.10. The Hall–Kier alpha value is -8.77. The van der Waals surface area contributed by atoms with Gasteiger partial charge in [-0.25, -0.2) is 15.0 Å². The number of fused-ring (bicyclic) bond motifs is 6. The SMILES string of the molecule is [2H]c1c([2H])c([2H])c(-c2cccc(-c3cccc4c3sc3c(-c5nc(-c6ccc(-c7ccccc7)cc6)nc(-c6cccc7oc8c(-c9cccc(-c%10ccccc%10)c9)cccc8c67)n5)cccc34)c2)c([2H])c1[2H]. The highest BCUT2D eigenvalue weighted by Crippen LogP contribution is 2.45. The molecule has 0 bridgehead atoms. The van der Waals surface area contributed by atoms with Crippen LogP contribution in [0.2, 0.25) is 0 Å². The van der Waals surface area contributed by atoms with E-state index in [1.54, 1.807) is 17.4 Å². The Bertz CT molecular complexity index is 4300. The smallest absolute Gasteiger partial charge is 0.165 e. The van der Waals surface area contributed by atoms with Crippen molar-refractivity contribution in [3.63, 3.8) is 0 Å². The quantitative estimate of drug-likeness (QED) is 0.152. The summed E-state index contributed by atoms with van der Waals surface area (Å²) < 4.78 is 51.0. The van der Waals surface area contributed by atoms with Crippen LogP contribution < -0.4 is 0 Å². The molecule has 318 valence electrons. The first-order chi connectivity index (χ1) is 35.8. The van der Waals surface area contributed by atoms with E-state index >= 15 is 0 Å². The van der Waals surface area contributed by atoms with Crippen LogP contribution in [0.3, 0.4) is 0 Å². The molecule has 0 spiro atoms. The van der Waals surface area contributed by atoms with E-state index in [2.05, 4.69) is 133 Å². The molecule has 5 heteroatoms. The molecule has 0 aliphatic rings. The van der Waals surface area contributed by atoms with Crippen LogP contribution in [0, 0.1) is 0 Å². The third-order valence-electron chi connectivity index (χ3n) is 12.7. The molecule has 0 N–H and O–H groups in total. The van der Waals surface area contributed by atoms with Crippen LogP contribution in [0.1, 0.15) is 6.85 Å². The van der Waals surface area contributed by atoms with E-state index in [1.165, 1.54) is 0 Å². The Balaban J connectivity index is 0.983. The van der Waals surface area contributed by atoms with Gasteiger partial charge in [0.1, 0.15) is 11.2 Å². The second-order valence-electron chi connectivity index (χ2n) is 16.7. The molecular weight excluding hydrogens is 847 g/mol. The topological polar surface area (TPSA) is 51.8 Å². The van der Waals surface area contributed by atoms with Crippen LogP contribution in [0.15, 0.2) is 241 Å². The second-order valence-corrected chi connectivity index (χ2v) is 17.7. The van der Waals surface area contributed by atoms with Crippen LogP contribution in [0.25, 0.3) is 132 Å². The lowest BCUT2D eigenvalue weighted by molar-refractivity contribution is 0.670. The van der Waals surface area contributed by atoms with E-state index in [9.17, 15) is 0 Å². The summed E-state index contributed by atoms with van der Waals surface area (Å²) in [5.41, 5.74) is 13.1. The lowest BCUT2D eigenvalue weighted by atomic mass is 9.97. The molecule has 0 aliphatic heterocycles. The molecule has 0 fully saturated rings. The van der Waals surface area contributed by atoms with Crippen molar-refractivity contribution >= 4 is 53.4 Å². The first kappa shape index (κ1) is 34.6. The highest BCUT2D eigenvalue weighted by Gasteiger charge is 2.22. The van der Waals surface area contributed by atoms with Crippen LogP contribution in [0.5, 0.6) is 0 Å². The van der Waals surface area contributed by atoms with Gasteiger partial charge in [-0.15, -0.1) is 11.3 Å². The van der Waals surface area contributed by atoms with Gasteiger partial charge in [0.05, 0.1) is 6.85 Å². The third kappa shape index (κ3) is 6.96. The van der Waals surface area contributed by atoms with Crippen molar-refractivity contribution in [3.8, 4) is 89.8 Å². The van der Waals surface area contributed by atoms with E-state index in [1.807, 2.05) is 66.7 Å². The standard InChI is InChI=1S/C63H39N3OS/c1-4-16-40(17-5-1)43-34-36-44(37-35-43)61-64-62(54-31-15-33-56-57(54)53-30-12-26-49(58(53)67-56)47-24-10-22-45(38-47)41-18-6-2-7-19-41)66-63(65-61)55-32-14-29-52-51-28-13-27-50(59(51)68-60(52)55)48-25-11-23-46(39-48)42-20-8-3-9-21-42/h1-39H/i3D,8D,9D,20D,21D. The first-order valence-corrected chi connectivity index (χ1v) is 23.2.